The average molecular weight is 327 g/mol. The number of hydrogen-bond acceptors (Lipinski definition) is 4. The van der Waals surface area contributed by atoms with Crippen molar-refractivity contribution in [3.8, 4) is 0 Å². The number of aryl methyl sites for hydroxylation is 3. The molecule has 2 heterocycles. The third-order valence-electron chi connectivity index (χ3n) is 4.03. The Balaban J connectivity index is 2.03. The number of nitrogens with zero attached hydrogens (tertiary/aromatic N) is 3. The number of rotatable bonds is 5. The van der Waals surface area contributed by atoms with E-state index in [-0.39, 0.29) is 0 Å². The van der Waals surface area contributed by atoms with Crippen molar-refractivity contribution in [3.05, 3.63) is 56.2 Å². The molecule has 0 aliphatic rings. The molecular formula is C17H21N5O2. The number of aromatic amines is 1. The minimum atomic E-state index is -0.460. The summed E-state index contributed by atoms with van der Waals surface area (Å²) in [5.74, 6) is 0.596. The first-order chi connectivity index (χ1) is 11.5. The summed E-state index contributed by atoms with van der Waals surface area (Å²) in [6, 6.07) is 8.22. The fourth-order valence-electron chi connectivity index (χ4n) is 2.70. The van der Waals surface area contributed by atoms with Gasteiger partial charge in [-0.05, 0) is 18.9 Å². The number of imidazole rings is 1. The van der Waals surface area contributed by atoms with E-state index >= 15 is 0 Å². The molecule has 0 fully saturated rings. The molecule has 0 atom stereocenters. The normalized spacial score (nSPS) is 11.1. The fraction of sp³-hybridized carbons (Fsp3) is 0.353. The predicted octanol–water partition coefficient (Wildman–Crippen LogP) is 1.75. The molecule has 7 heteroatoms. The van der Waals surface area contributed by atoms with E-state index in [0.717, 1.165) is 12.0 Å². The molecule has 2 aromatic heterocycles. The Morgan fingerprint density at radius 2 is 1.92 bits per heavy atom. The van der Waals surface area contributed by atoms with E-state index in [9.17, 15) is 9.59 Å². The molecule has 0 amide bonds. The van der Waals surface area contributed by atoms with Crippen molar-refractivity contribution in [1.29, 1.82) is 0 Å². The van der Waals surface area contributed by atoms with Crippen LogP contribution in [0.2, 0.25) is 0 Å². The molecule has 7 nitrogen and oxygen atoms in total. The van der Waals surface area contributed by atoms with Gasteiger partial charge < -0.3 is 9.88 Å². The van der Waals surface area contributed by atoms with Crippen LogP contribution >= 0.6 is 0 Å². The lowest BCUT2D eigenvalue weighted by Crippen LogP contribution is -2.29. The molecule has 126 valence electrons. The highest BCUT2D eigenvalue weighted by molar-refractivity contribution is 5.74. The Morgan fingerprint density at radius 3 is 2.58 bits per heavy atom. The van der Waals surface area contributed by atoms with Crippen LogP contribution in [0, 0.1) is 6.92 Å². The molecule has 24 heavy (non-hydrogen) atoms. The first-order valence-electron chi connectivity index (χ1n) is 8.00. The van der Waals surface area contributed by atoms with Crippen LogP contribution in [0.1, 0.15) is 24.5 Å². The number of fused-ring (bicyclic) bond motifs is 1. The summed E-state index contributed by atoms with van der Waals surface area (Å²) in [7, 11) is 1.60. The Labute approximate surface area is 139 Å². The van der Waals surface area contributed by atoms with Crippen molar-refractivity contribution >= 4 is 17.1 Å². The second kappa shape index (κ2) is 6.35. The zero-order valence-corrected chi connectivity index (χ0v) is 14.1. The highest BCUT2D eigenvalue weighted by Crippen LogP contribution is 2.17. The zero-order valence-electron chi connectivity index (χ0n) is 14.1. The van der Waals surface area contributed by atoms with Crippen LogP contribution in [0.15, 0.2) is 33.9 Å². The number of hydrogen-bond donors (Lipinski definition) is 2. The first kappa shape index (κ1) is 16.0. The lowest BCUT2D eigenvalue weighted by Gasteiger charge is -2.09. The molecule has 2 N–H and O–H groups in total. The van der Waals surface area contributed by atoms with Gasteiger partial charge in [0, 0.05) is 20.1 Å². The van der Waals surface area contributed by atoms with E-state index in [2.05, 4.69) is 39.6 Å². The second-order valence-electron chi connectivity index (χ2n) is 5.92. The van der Waals surface area contributed by atoms with E-state index in [1.165, 1.54) is 10.1 Å². The summed E-state index contributed by atoms with van der Waals surface area (Å²) in [5, 5.41) is 3.28. The van der Waals surface area contributed by atoms with Crippen LogP contribution in [0.4, 0.5) is 5.95 Å². The van der Waals surface area contributed by atoms with Crippen molar-refractivity contribution in [2.75, 3.05) is 5.32 Å². The van der Waals surface area contributed by atoms with Crippen LogP contribution in [0.3, 0.4) is 0 Å². The molecule has 0 saturated carbocycles. The highest BCUT2D eigenvalue weighted by Gasteiger charge is 2.16. The van der Waals surface area contributed by atoms with Crippen LogP contribution < -0.4 is 16.6 Å². The number of anilines is 1. The summed E-state index contributed by atoms with van der Waals surface area (Å²) in [5.41, 5.74) is 2.28. The smallest absolute Gasteiger partial charge is 0.329 e. The van der Waals surface area contributed by atoms with Crippen molar-refractivity contribution in [3.63, 3.8) is 0 Å². The molecule has 0 unspecified atom stereocenters. The molecule has 0 spiro atoms. The summed E-state index contributed by atoms with van der Waals surface area (Å²) < 4.78 is 3.20. The third kappa shape index (κ3) is 2.84. The Bertz CT molecular complexity index is 979. The van der Waals surface area contributed by atoms with Crippen molar-refractivity contribution in [1.82, 2.24) is 19.1 Å². The largest absolute Gasteiger partial charge is 0.352 e. The lowest BCUT2D eigenvalue weighted by atomic mass is 10.1. The molecule has 0 radical (unpaired) electrons. The number of nitrogens with one attached hydrogen (secondary N) is 2. The molecule has 3 rings (SSSR count). The molecule has 0 bridgehead atoms. The fourth-order valence-corrected chi connectivity index (χ4v) is 2.70. The Morgan fingerprint density at radius 1 is 1.21 bits per heavy atom. The van der Waals surface area contributed by atoms with Gasteiger partial charge >= 0.3 is 5.69 Å². The van der Waals surface area contributed by atoms with Gasteiger partial charge in [0.1, 0.15) is 0 Å². The number of benzene rings is 1. The van der Waals surface area contributed by atoms with Crippen molar-refractivity contribution in [2.45, 2.75) is 33.4 Å². The maximum Gasteiger partial charge on any atom is 0.329 e. The second-order valence-corrected chi connectivity index (χ2v) is 5.92. The first-order valence-corrected chi connectivity index (χ1v) is 8.00. The highest BCUT2D eigenvalue weighted by atomic mass is 16.2. The lowest BCUT2D eigenvalue weighted by molar-refractivity contribution is 0.696. The number of aromatic nitrogens is 4. The summed E-state index contributed by atoms with van der Waals surface area (Å²) in [4.78, 5) is 30.8. The summed E-state index contributed by atoms with van der Waals surface area (Å²) in [6.07, 6.45) is 0.854. The number of H-pyrrole nitrogens is 1. The van der Waals surface area contributed by atoms with E-state index in [1.54, 1.807) is 7.05 Å². The predicted molar refractivity (Wildman–Crippen MR) is 94.4 cm³/mol. The molecule has 0 aliphatic heterocycles. The van der Waals surface area contributed by atoms with Gasteiger partial charge in [-0.15, -0.1) is 0 Å². The maximum atomic E-state index is 12.2. The van der Waals surface area contributed by atoms with Crippen molar-refractivity contribution < 1.29 is 0 Å². The van der Waals surface area contributed by atoms with E-state index in [0.29, 0.717) is 30.2 Å². The quantitative estimate of drug-likeness (QED) is 0.748. The molecule has 3 aromatic rings. The molecular weight excluding hydrogens is 306 g/mol. The summed E-state index contributed by atoms with van der Waals surface area (Å²) >= 11 is 0. The minimum absolute atomic E-state index is 0.392. The topological polar surface area (TPSA) is 84.7 Å². The van der Waals surface area contributed by atoms with Crippen LogP contribution in [0.5, 0.6) is 0 Å². The average Bonchev–Trinajstić information content (AvgIpc) is 2.92. The van der Waals surface area contributed by atoms with E-state index < -0.39 is 11.2 Å². The Kier molecular flexibility index (Phi) is 4.24. The third-order valence-corrected chi connectivity index (χ3v) is 4.03. The van der Waals surface area contributed by atoms with Crippen LogP contribution in [-0.2, 0) is 20.1 Å². The van der Waals surface area contributed by atoms with E-state index in [1.807, 2.05) is 18.4 Å². The maximum absolute atomic E-state index is 12.2. The summed E-state index contributed by atoms with van der Waals surface area (Å²) in [6.45, 7) is 5.32. The van der Waals surface area contributed by atoms with Gasteiger partial charge in [-0.3, -0.25) is 14.3 Å². The SMILES string of the molecule is CCCn1c(NCc2ccc(C)cc2)nc2c1c(=O)[nH]c(=O)n2C. The zero-order chi connectivity index (χ0) is 17.3. The van der Waals surface area contributed by atoms with Gasteiger partial charge in [-0.25, -0.2) is 4.79 Å². The van der Waals surface area contributed by atoms with Gasteiger partial charge in [0.15, 0.2) is 11.2 Å². The monoisotopic (exact) mass is 327 g/mol. The van der Waals surface area contributed by atoms with Gasteiger partial charge in [0.25, 0.3) is 5.56 Å². The van der Waals surface area contributed by atoms with Crippen LogP contribution in [-0.4, -0.2) is 19.1 Å². The van der Waals surface area contributed by atoms with Crippen molar-refractivity contribution in [2.24, 2.45) is 7.05 Å². The van der Waals surface area contributed by atoms with Crippen LogP contribution in [0.25, 0.3) is 11.2 Å². The molecule has 1 aromatic carbocycles. The minimum Gasteiger partial charge on any atom is -0.352 e. The van der Waals surface area contributed by atoms with E-state index in [4.69, 9.17) is 0 Å². The molecule has 0 saturated heterocycles. The Hall–Kier alpha value is -2.83. The van der Waals surface area contributed by atoms with Gasteiger partial charge in [0.2, 0.25) is 5.95 Å². The standard InChI is InChI=1S/C17H21N5O2/c1-4-9-22-13-14(21(3)17(24)20-15(13)23)19-16(22)18-10-12-7-5-11(2)6-8-12/h5-8H,4,9-10H2,1-3H3,(H,18,19)(H,20,23,24). The van der Waals surface area contributed by atoms with Gasteiger partial charge in [0.05, 0.1) is 0 Å². The van der Waals surface area contributed by atoms with Gasteiger partial charge in [-0.2, -0.15) is 4.98 Å². The molecule has 0 aliphatic carbocycles. The van der Waals surface area contributed by atoms with Gasteiger partial charge in [-0.1, -0.05) is 36.8 Å².